The Balaban J connectivity index is 1.52. The number of halogens is 4. The minimum atomic E-state index is -2.53. The topological polar surface area (TPSA) is 116 Å². The summed E-state index contributed by atoms with van der Waals surface area (Å²) in [5.74, 6) is -2.74. The molecule has 0 radical (unpaired) electrons. The zero-order valence-electron chi connectivity index (χ0n) is 18.5. The van der Waals surface area contributed by atoms with E-state index in [-0.39, 0.29) is 37.6 Å². The molecule has 0 fully saturated rings. The number of hydroxylamine groups is 2. The van der Waals surface area contributed by atoms with Crippen molar-refractivity contribution in [3.63, 3.8) is 0 Å². The lowest BCUT2D eigenvalue weighted by Gasteiger charge is -2.27. The second-order valence-electron chi connectivity index (χ2n) is 8.03. The fourth-order valence-corrected chi connectivity index (χ4v) is 4.02. The monoisotopic (exact) mass is 495 g/mol. The van der Waals surface area contributed by atoms with E-state index in [0.717, 1.165) is 17.2 Å². The van der Waals surface area contributed by atoms with Crippen LogP contribution in [0.25, 0.3) is 0 Å². The molecule has 1 atom stereocenters. The maximum absolute atomic E-state index is 14.4. The van der Waals surface area contributed by atoms with Gasteiger partial charge >= 0.3 is 6.03 Å². The molecule has 35 heavy (non-hydrogen) atoms. The number of benzene rings is 1. The molecule has 1 aromatic heterocycles. The first-order chi connectivity index (χ1) is 16.7. The van der Waals surface area contributed by atoms with Gasteiger partial charge in [0.2, 0.25) is 0 Å². The van der Waals surface area contributed by atoms with Crippen LogP contribution in [0.2, 0.25) is 0 Å². The highest BCUT2D eigenvalue weighted by Gasteiger charge is 2.35. The lowest BCUT2D eigenvalue weighted by molar-refractivity contribution is -0.146. The van der Waals surface area contributed by atoms with Crippen molar-refractivity contribution in [1.29, 1.82) is 5.26 Å². The molecule has 2 aliphatic rings. The summed E-state index contributed by atoms with van der Waals surface area (Å²) in [4.78, 5) is 32.7. The van der Waals surface area contributed by atoms with Crippen LogP contribution in [0.4, 0.5) is 28.0 Å². The van der Waals surface area contributed by atoms with Crippen molar-refractivity contribution in [2.24, 2.45) is 0 Å². The van der Waals surface area contributed by atoms with Crippen LogP contribution in [0.5, 0.6) is 0 Å². The number of hydrogen-bond acceptors (Lipinski definition) is 6. The van der Waals surface area contributed by atoms with Crippen molar-refractivity contribution < 1.29 is 32.0 Å². The third kappa shape index (κ3) is 4.91. The molecule has 0 bridgehead atoms. The third-order valence-corrected chi connectivity index (χ3v) is 5.68. The molecule has 0 saturated carbocycles. The molecule has 2 aliphatic heterocycles. The first-order valence-corrected chi connectivity index (χ1v) is 10.7. The minimum absolute atomic E-state index is 0.0156. The molecular weight excluding hydrogens is 474 g/mol. The Morgan fingerprint density at radius 2 is 2.14 bits per heavy atom. The van der Waals surface area contributed by atoms with Gasteiger partial charge in [-0.3, -0.25) is 14.3 Å². The fourth-order valence-electron chi connectivity index (χ4n) is 4.02. The number of carbonyl (C=O) groups excluding carboxylic acids is 2. The largest absolute Gasteiger partial charge is 0.322 e. The zero-order chi connectivity index (χ0) is 25.3. The number of rotatable bonds is 5. The molecule has 10 nitrogen and oxygen atoms in total. The van der Waals surface area contributed by atoms with Gasteiger partial charge in [0, 0.05) is 32.1 Å². The van der Waals surface area contributed by atoms with Crippen LogP contribution in [0.3, 0.4) is 0 Å². The molecule has 0 spiro atoms. The quantitative estimate of drug-likeness (QED) is 0.612. The predicted molar refractivity (Wildman–Crippen MR) is 112 cm³/mol. The normalized spacial score (nSPS) is 17.6. The minimum Gasteiger partial charge on any atom is -0.320 e. The van der Waals surface area contributed by atoms with Crippen LogP contribution in [0.15, 0.2) is 12.1 Å². The van der Waals surface area contributed by atoms with Crippen LogP contribution in [-0.4, -0.2) is 70.9 Å². The number of urea groups is 1. The predicted octanol–water partition coefficient (Wildman–Crippen LogP) is 1.86. The number of aromatic nitrogens is 2. The van der Waals surface area contributed by atoms with Gasteiger partial charge in [-0.2, -0.15) is 10.4 Å². The SMILES string of the molecule is CN1O[C@H](CNCC(F)F)Cn2nc3c(c2C1=O)CN(C(=O)Nc1ccc(F)c(C#N)c1F)CC3. The molecule has 3 amide bonds. The summed E-state index contributed by atoms with van der Waals surface area (Å²) in [5, 5.41) is 19.3. The molecule has 0 aliphatic carbocycles. The maximum atomic E-state index is 14.4. The Morgan fingerprint density at radius 1 is 1.37 bits per heavy atom. The van der Waals surface area contributed by atoms with Crippen molar-refractivity contribution in [2.75, 3.05) is 32.0 Å². The van der Waals surface area contributed by atoms with E-state index >= 15 is 0 Å². The summed E-state index contributed by atoms with van der Waals surface area (Å²) >= 11 is 0. The van der Waals surface area contributed by atoms with E-state index in [1.165, 1.54) is 22.7 Å². The van der Waals surface area contributed by atoms with E-state index in [2.05, 4.69) is 15.7 Å². The number of hydrogen-bond donors (Lipinski definition) is 2. The maximum Gasteiger partial charge on any atom is 0.322 e. The number of anilines is 1. The molecule has 186 valence electrons. The van der Waals surface area contributed by atoms with Gasteiger partial charge < -0.3 is 15.5 Å². The summed E-state index contributed by atoms with van der Waals surface area (Å²) in [6, 6.07) is 2.61. The van der Waals surface area contributed by atoms with Crippen LogP contribution in [0.1, 0.15) is 27.3 Å². The van der Waals surface area contributed by atoms with Crippen molar-refractivity contribution in [2.45, 2.75) is 32.0 Å². The zero-order valence-corrected chi connectivity index (χ0v) is 18.5. The van der Waals surface area contributed by atoms with E-state index in [9.17, 15) is 27.2 Å². The highest BCUT2D eigenvalue weighted by atomic mass is 19.3. The average Bonchev–Trinajstić information content (AvgIpc) is 3.11. The molecule has 3 heterocycles. The van der Waals surface area contributed by atoms with Crippen LogP contribution < -0.4 is 10.6 Å². The lowest BCUT2D eigenvalue weighted by atomic mass is 10.1. The van der Waals surface area contributed by atoms with Gasteiger partial charge in [-0.25, -0.2) is 27.4 Å². The molecule has 4 rings (SSSR count). The summed E-state index contributed by atoms with van der Waals surface area (Å²) in [7, 11) is 1.40. The average molecular weight is 495 g/mol. The van der Waals surface area contributed by atoms with Crippen molar-refractivity contribution >= 4 is 17.6 Å². The van der Waals surface area contributed by atoms with Gasteiger partial charge in [-0.15, -0.1) is 0 Å². The lowest BCUT2D eigenvalue weighted by Crippen LogP contribution is -2.40. The number of nitriles is 1. The third-order valence-electron chi connectivity index (χ3n) is 5.68. The molecule has 2 N–H and O–H groups in total. The van der Waals surface area contributed by atoms with E-state index in [1.807, 2.05) is 0 Å². The molecule has 0 unspecified atom stereocenters. The van der Waals surface area contributed by atoms with Gasteiger partial charge in [0.15, 0.2) is 5.82 Å². The molecular formula is C21H21F4N7O3. The van der Waals surface area contributed by atoms with Crippen molar-refractivity contribution in [3.05, 3.63) is 46.3 Å². The van der Waals surface area contributed by atoms with Gasteiger partial charge in [-0.05, 0) is 12.1 Å². The van der Waals surface area contributed by atoms with Crippen LogP contribution >= 0.6 is 0 Å². The molecule has 0 saturated heterocycles. The van der Waals surface area contributed by atoms with E-state index in [4.69, 9.17) is 10.1 Å². The highest BCUT2D eigenvalue weighted by Crippen LogP contribution is 2.27. The Kier molecular flexibility index (Phi) is 6.90. The van der Waals surface area contributed by atoms with Crippen molar-refractivity contribution in [3.8, 4) is 6.07 Å². The van der Waals surface area contributed by atoms with Gasteiger partial charge in [0.05, 0.1) is 31.0 Å². The standard InChI is InChI=1S/C21H21F4N7O3/c1-30-20(33)19-13-10-31(21(34)28-16-3-2-14(22)12(6-26)18(16)25)5-4-15(13)29-32(19)9-11(35-30)7-27-8-17(23)24/h2-3,11,17,27H,4-5,7-10H2,1H3,(H,28,34)/t11-/m1/s1. The van der Waals surface area contributed by atoms with Gasteiger partial charge in [-0.1, -0.05) is 0 Å². The number of alkyl halides is 2. The van der Waals surface area contributed by atoms with E-state index < -0.39 is 48.2 Å². The second-order valence-corrected chi connectivity index (χ2v) is 8.03. The number of carbonyl (C=O) groups is 2. The second kappa shape index (κ2) is 9.88. The number of amides is 3. The smallest absolute Gasteiger partial charge is 0.320 e. The Bertz CT molecular complexity index is 1200. The number of nitrogens with one attached hydrogen (secondary N) is 2. The Hall–Kier alpha value is -3.70. The van der Waals surface area contributed by atoms with Crippen LogP contribution in [0, 0.1) is 23.0 Å². The van der Waals surface area contributed by atoms with E-state index in [0.29, 0.717) is 17.7 Å². The number of nitrogens with zero attached hydrogens (tertiary/aromatic N) is 5. The Labute approximate surface area is 197 Å². The van der Waals surface area contributed by atoms with Crippen molar-refractivity contribution in [1.82, 2.24) is 25.1 Å². The summed E-state index contributed by atoms with van der Waals surface area (Å²) in [6.45, 7) is -0.136. The fraction of sp³-hybridized carbons (Fsp3) is 0.429. The molecule has 2 aromatic rings. The molecule has 1 aromatic carbocycles. The van der Waals surface area contributed by atoms with Crippen LogP contribution in [-0.2, 0) is 24.3 Å². The Morgan fingerprint density at radius 3 is 2.86 bits per heavy atom. The summed E-state index contributed by atoms with van der Waals surface area (Å²) in [5.41, 5.74) is 0.140. The summed E-state index contributed by atoms with van der Waals surface area (Å²) < 4.78 is 54.3. The van der Waals surface area contributed by atoms with E-state index in [1.54, 1.807) is 0 Å². The summed E-state index contributed by atoms with van der Waals surface area (Å²) in [6.07, 6.45) is -2.86. The first-order valence-electron chi connectivity index (χ1n) is 10.7. The number of fused-ring (bicyclic) bond motifs is 3. The highest BCUT2D eigenvalue weighted by molar-refractivity contribution is 5.94. The first kappa shape index (κ1) is 24.4. The molecule has 14 heteroatoms. The van der Waals surface area contributed by atoms with Gasteiger partial charge in [0.1, 0.15) is 29.2 Å². The van der Waals surface area contributed by atoms with Gasteiger partial charge in [0.25, 0.3) is 12.3 Å².